The summed E-state index contributed by atoms with van der Waals surface area (Å²) in [4.78, 5) is 24.4. The number of nitrogens with one attached hydrogen (secondary N) is 1. The Bertz CT molecular complexity index is 325. The minimum absolute atomic E-state index is 0.00704. The number of rotatable bonds is 5. The maximum atomic E-state index is 11.4. The van der Waals surface area contributed by atoms with E-state index >= 15 is 0 Å². The fourth-order valence-electron chi connectivity index (χ4n) is 1.90. The van der Waals surface area contributed by atoms with Crippen LogP contribution in [0.25, 0.3) is 0 Å². The first-order valence-corrected chi connectivity index (χ1v) is 6.70. The smallest absolute Gasteiger partial charge is 0.407 e. The molecule has 6 heteroatoms. The van der Waals surface area contributed by atoms with Crippen molar-refractivity contribution in [3.8, 4) is 0 Å². The number of ether oxygens (including phenoxy) is 1. The molecule has 0 aliphatic carbocycles. The lowest BCUT2D eigenvalue weighted by atomic mass is 10.2. The highest BCUT2D eigenvalue weighted by atomic mass is 16.6. The van der Waals surface area contributed by atoms with E-state index in [1.54, 1.807) is 4.90 Å². The van der Waals surface area contributed by atoms with Crippen LogP contribution in [0.5, 0.6) is 0 Å². The van der Waals surface area contributed by atoms with Crippen LogP contribution in [-0.2, 0) is 9.53 Å². The van der Waals surface area contributed by atoms with Crippen LogP contribution in [0.3, 0.4) is 0 Å². The highest BCUT2D eigenvalue weighted by Gasteiger charge is 2.27. The number of amides is 2. The van der Waals surface area contributed by atoms with Crippen molar-refractivity contribution < 1.29 is 19.4 Å². The van der Waals surface area contributed by atoms with E-state index in [0.717, 1.165) is 12.8 Å². The topological polar surface area (TPSA) is 78.9 Å². The second kappa shape index (κ2) is 6.75. The number of hydrogen-bond acceptors (Lipinski definition) is 4. The van der Waals surface area contributed by atoms with Crippen molar-refractivity contribution in [2.75, 3.05) is 19.6 Å². The van der Waals surface area contributed by atoms with Crippen LogP contribution in [0.4, 0.5) is 4.79 Å². The molecule has 1 unspecified atom stereocenters. The van der Waals surface area contributed by atoms with E-state index in [1.165, 1.54) is 0 Å². The molecule has 0 bridgehead atoms. The number of likely N-dealkylation sites (tertiary alicyclic amines) is 1. The van der Waals surface area contributed by atoms with Crippen LogP contribution in [0.1, 0.15) is 40.0 Å². The van der Waals surface area contributed by atoms with E-state index in [-0.39, 0.29) is 12.3 Å². The number of hydrogen-bond donors (Lipinski definition) is 2. The fraction of sp³-hybridized carbons (Fsp3) is 0.846. The molecule has 0 radical (unpaired) electrons. The van der Waals surface area contributed by atoms with Gasteiger partial charge in [-0.2, -0.15) is 0 Å². The van der Waals surface area contributed by atoms with Crippen molar-refractivity contribution in [1.29, 1.82) is 0 Å². The van der Waals surface area contributed by atoms with E-state index < -0.39 is 17.8 Å². The van der Waals surface area contributed by atoms with Crippen LogP contribution in [0.2, 0.25) is 0 Å². The van der Waals surface area contributed by atoms with Crippen molar-refractivity contribution in [2.24, 2.45) is 0 Å². The molecule has 6 nitrogen and oxygen atoms in total. The molecule has 1 heterocycles. The Morgan fingerprint density at radius 2 is 2.16 bits per heavy atom. The minimum Gasteiger partial charge on any atom is -0.444 e. The molecular formula is C13H24N2O4. The zero-order valence-electron chi connectivity index (χ0n) is 11.9. The predicted molar refractivity (Wildman–Crippen MR) is 70.7 cm³/mol. The summed E-state index contributed by atoms with van der Waals surface area (Å²) >= 11 is 0. The molecule has 1 fully saturated rings. The molecule has 0 aromatic heterocycles. The molecule has 1 rings (SSSR count). The number of alkyl carbamates (subject to hydrolysis) is 1. The lowest BCUT2D eigenvalue weighted by Gasteiger charge is -2.20. The summed E-state index contributed by atoms with van der Waals surface area (Å²) in [5.41, 5.74) is -0.484. The molecule has 1 saturated heterocycles. The minimum atomic E-state index is -0.521. The third-order valence-corrected chi connectivity index (χ3v) is 2.72. The van der Waals surface area contributed by atoms with E-state index in [0.29, 0.717) is 19.6 Å². The maximum Gasteiger partial charge on any atom is 0.407 e. The summed E-state index contributed by atoms with van der Waals surface area (Å²) in [6, 6.07) is 0. The van der Waals surface area contributed by atoms with Gasteiger partial charge in [-0.05, 0) is 33.6 Å². The zero-order chi connectivity index (χ0) is 14.5. The van der Waals surface area contributed by atoms with E-state index in [4.69, 9.17) is 4.74 Å². The Kier molecular flexibility index (Phi) is 5.60. The van der Waals surface area contributed by atoms with Gasteiger partial charge in [0.25, 0.3) is 0 Å². The Hall–Kier alpha value is -1.30. The van der Waals surface area contributed by atoms with Gasteiger partial charge in [0.05, 0.1) is 12.5 Å². The van der Waals surface area contributed by atoms with E-state index in [2.05, 4.69) is 5.32 Å². The number of carbonyl (C=O) groups is 2. The van der Waals surface area contributed by atoms with Crippen LogP contribution in [-0.4, -0.2) is 53.3 Å². The number of unbranched alkanes of at least 4 members (excludes halogenated alkanes) is 1. The highest BCUT2D eigenvalue weighted by molar-refractivity contribution is 5.78. The van der Waals surface area contributed by atoms with Crippen molar-refractivity contribution in [1.82, 2.24) is 10.2 Å². The first kappa shape index (κ1) is 15.8. The van der Waals surface area contributed by atoms with Crippen LogP contribution in [0, 0.1) is 0 Å². The number of nitrogens with zero attached hydrogens (tertiary/aromatic N) is 1. The lowest BCUT2D eigenvalue weighted by molar-refractivity contribution is -0.127. The first-order valence-electron chi connectivity index (χ1n) is 6.70. The molecule has 0 saturated carbocycles. The van der Waals surface area contributed by atoms with Gasteiger partial charge in [0.1, 0.15) is 5.60 Å². The van der Waals surface area contributed by atoms with Gasteiger partial charge in [0, 0.05) is 19.6 Å². The number of β-amino-alcohol motifs (C(OH)–C–C–N with tert-alkyl or cyclic N) is 1. The summed E-state index contributed by atoms with van der Waals surface area (Å²) in [6.07, 6.45) is 0.872. The highest BCUT2D eigenvalue weighted by Crippen LogP contribution is 2.11. The van der Waals surface area contributed by atoms with Gasteiger partial charge in [0.15, 0.2) is 0 Å². The van der Waals surface area contributed by atoms with Crippen molar-refractivity contribution >= 4 is 12.0 Å². The van der Waals surface area contributed by atoms with Crippen LogP contribution < -0.4 is 5.32 Å². The predicted octanol–water partition coefficient (Wildman–Crippen LogP) is 0.884. The molecule has 0 spiro atoms. The average Bonchev–Trinajstić information content (AvgIpc) is 2.54. The van der Waals surface area contributed by atoms with Gasteiger partial charge in [0.2, 0.25) is 5.91 Å². The van der Waals surface area contributed by atoms with Crippen LogP contribution >= 0.6 is 0 Å². The van der Waals surface area contributed by atoms with Crippen LogP contribution in [0.15, 0.2) is 0 Å². The lowest BCUT2D eigenvalue weighted by Crippen LogP contribution is -2.33. The Labute approximate surface area is 114 Å². The van der Waals surface area contributed by atoms with Gasteiger partial charge in [-0.25, -0.2) is 4.79 Å². The molecule has 1 aliphatic heterocycles. The quantitative estimate of drug-likeness (QED) is 0.728. The first-order chi connectivity index (χ1) is 8.78. The Morgan fingerprint density at radius 1 is 1.47 bits per heavy atom. The van der Waals surface area contributed by atoms with Gasteiger partial charge in [-0.3, -0.25) is 4.79 Å². The average molecular weight is 272 g/mol. The molecule has 0 aromatic rings. The standard InChI is InChI=1S/C13H24N2O4/c1-13(2,3)19-12(18)14-6-4-5-7-15-9-10(16)8-11(15)17/h10,16H,4-9H2,1-3H3,(H,14,18). The monoisotopic (exact) mass is 272 g/mol. The second-order valence-corrected chi connectivity index (χ2v) is 5.83. The number of aliphatic hydroxyl groups excluding tert-OH is 1. The van der Waals surface area contributed by atoms with Gasteiger partial charge in [-0.1, -0.05) is 0 Å². The van der Waals surface area contributed by atoms with Crippen molar-refractivity contribution in [3.05, 3.63) is 0 Å². The fourth-order valence-corrected chi connectivity index (χ4v) is 1.90. The third kappa shape index (κ3) is 6.42. The molecule has 0 aromatic carbocycles. The summed E-state index contributed by atoms with van der Waals surface area (Å²) in [5.74, 6) is 0.00704. The molecule has 1 aliphatic rings. The summed E-state index contributed by atoms with van der Waals surface area (Å²) in [7, 11) is 0. The second-order valence-electron chi connectivity index (χ2n) is 5.83. The van der Waals surface area contributed by atoms with E-state index in [1.807, 2.05) is 20.8 Å². The maximum absolute atomic E-state index is 11.4. The SMILES string of the molecule is CC(C)(C)OC(=O)NCCCCN1CC(O)CC1=O. The molecular weight excluding hydrogens is 248 g/mol. The summed E-state index contributed by atoms with van der Waals surface area (Å²) in [5, 5.41) is 12.0. The van der Waals surface area contributed by atoms with E-state index in [9.17, 15) is 14.7 Å². The van der Waals surface area contributed by atoms with Gasteiger partial charge >= 0.3 is 6.09 Å². The van der Waals surface area contributed by atoms with Crippen molar-refractivity contribution in [3.63, 3.8) is 0 Å². The third-order valence-electron chi connectivity index (χ3n) is 2.72. The molecule has 2 N–H and O–H groups in total. The summed E-state index contributed by atoms with van der Waals surface area (Å²) in [6.45, 7) is 7.04. The Morgan fingerprint density at radius 3 is 2.68 bits per heavy atom. The molecule has 2 amide bonds. The Balaban J connectivity index is 2.05. The molecule has 110 valence electrons. The summed E-state index contributed by atoms with van der Waals surface area (Å²) < 4.78 is 5.10. The van der Waals surface area contributed by atoms with Gasteiger partial charge in [-0.15, -0.1) is 0 Å². The number of carbonyl (C=O) groups excluding carboxylic acids is 2. The number of aliphatic hydroxyl groups is 1. The zero-order valence-corrected chi connectivity index (χ0v) is 11.9. The largest absolute Gasteiger partial charge is 0.444 e. The van der Waals surface area contributed by atoms with Gasteiger partial charge < -0.3 is 20.1 Å². The van der Waals surface area contributed by atoms with Crippen molar-refractivity contribution in [2.45, 2.75) is 51.7 Å². The molecule has 1 atom stereocenters. The molecule has 19 heavy (non-hydrogen) atoms. The normalized spacial score (nSPS) is 19.7.